The summed E-state index contributed by atoms with van der Waals surface area (Å²) in [7, 11) is -2.20. The van der Waals surface area contributed by atoms with Gasteiger partial charge in [0.1, 0.15) is 17.1 Å². The fraction of sp³-hybridized carbons (Fsp3) is 0.474. The molecule has 0 aliphatic carbocycles. The summed E-state index contributed by atoms with van der Waals surface area (Å²) in [6.45, 7) is 7.69. The normalized spacial score (nSPS) is 21.3. The number of thiophene rings is 1. The molecule has 2 aliphatic rings. The molecule has 176 valence electrons. The number of hydrogen-bond acceptors (Lipinski definition) is 10. The van der Waals surface area contributed by atoms with Crippen molar-refractivity contribution < 1.29 is 18.8 Å². The van der Waals surface area contributed by atoms with Crippen molar-refractivity contribution >= 4 is 61.0 Å². The van der Waals surface area contributed by atoms with E-state index in [-0.39, 0.29) is 34.6 Å². The number of aromatic nitrogens is 4. The lowest BCUT2D eigenvalue weighted by atomic mass is 10.0. The molecular formula is C19H24N6O4S3Si. The molecule has 14 heteroatoms. The standard InChI is InChI=1S/C19H24N6O4S3Si/c1-10(32-19-21-23-24-22-19)12-9-31-17-14(20-13(26)8-11-6-5-7-30-11)16(27)25(17)15(12)18(28)29-33(2,3)4/h5-7,10,14,17H,8-9H2,1-4H3,(H,20,26)(H,21,22,23,24)/t10?,14-,17-/m1/s1. The van der Waals surface area contributed by atoms with E-state index in [2.05, 4.69) is 25.9 Å². The first-order valence-electron chi connectivity index (χ1n) is 10.3. The molecule has 3 atom stereocenters. The van der Waals surface area contributed by atoms with Crippen LogP contribution in [0.15, 0.2) is 33.9 Å². The van der Waals surface area contributed by atoms with Gasteiger partial charge in [0.2, 0.25) is 19.4 Å². The summed E-state index contributed by atoms with van der Waals surface area (Å²) in [5.74, 6) is -0.484. The second kappa shape index (κ2) is 9.60. The molecule has 0 spiro atoms. The fourth-order valence-corrected chi connectivity index (χ4v) is 7.27. The zero-order chi connectivity index (χ0) is 23.8. The average molecular weight is 525 g/mol. The van der Waals surface area contributed by atoms with Crippen LogP contribution in [0.4, 0.5) is 0 Å². The van der Waals surface area contributed by atoms with Crippen molar-refractivity contribution in [3.05, 3.63) is 33.7 Å². The molecule has 2 N–H and O–H groups in total. The number of hydrogen-bond donors (Lipinski definition) is 2. The Morgan fingerprint density at radius 1 is 1.42 bits per heavy atom. The van der Waals surface area contributed by atoms with E-state index in [1.807, 2.05) is 44.1 Å². The SMILES string of the molecule is CC(Sc1nn[nH]n1)C1=C(C(=O)O[Si](C)(C)C)N2C(=O)[C@@H](NC(=O)Cc3cccs3)[C@H]2SC1. The van der Waals surface area contributed by atoms with Crippen molar-refractivity contribution in [1.82, 2.24) is 30.8 Å². The zero-order valence-corrected chi connectivity index (χ0v) is 22.0. The Hall–Kier alpha value is -2.16. The van der Waals surface area contributed by atoms with Gasteiger partial charge in [-0.25, -0.2) is 4.79 Å². The maximum Gasteiger partial charge on any atom is 0.341 e. The van der Waals surface area contributed by atoms with Crippen LogP contribution in [0.5, 0.6) is 0 Å². The number of thioether (sulfide) groups is 2. The maximum absolute atomic E-state index is 13.2. The summed E-state index contributed by atoms with van der Waals surface area (Å²) in [5, 5.41) is 18.6. The van der Waals surface area contributed by atoms with E-state index in [4.69, 9.17) is 4.43 Å². The highest BCUT2D eigenvalue weighted by molar-refractivity contribution is 8.01. The summed E-state index contributed by atoms with van der Waals surface area (Å²) in [6.07, 6.45) is 0.225. The van der Waals surface area contributed by atoms with E-state index >= 15 is 0 Å². The summed E-state index contributed by atoms with van der Waals surface area (Å²) in [5.41, 5.74) is 1.06. The van der Waals surface area contributed by atoms with E-state index in [9.17, 15) is 14.4 Å². The third-order valence-electron chi connectivity index (χ3n) is 4.92. The number of H-pyrrole nitrogens is 1. The van der Waals surface area contributed by atoms with Crippen molar-refractivity contribution in [3.63, 3.8) is 0 Å². The Labute approximate surface area is 204 Å². The Kier molecular flexibility index (Phi) is 6.98. The first kappa shape index (κ1) is 24.0. The summed E-state index contributed by atoms with van der Waals surface area (Å²) in [4.78, 5) is 41.2. The minimum Gasteiger partial charge on any atom is -0.515 e. The van der Waals surface area contributed by atoms with Gasteiger partial charge in [0.25, 0.3) is 5.91 Å². The molecular weight excluding hydrogens is 501 g/mol. The molecule has 2 aromatic rings. The highest BCUT2D eigenvalue weighted by Crippen LogP contribution is 2.44. The topological polar surface area (TPSA) is 130 Å². The first-order valence-corrected chi connectivity index (χ1v) is 16.5. The van der Waals surface area contributed by atoms with E-state index in [0.29, 0.717) is 10.9 Å². The van der Waals surface area contributed by atoms with Gasteiger partial charge in [-0.2, -0.15) is 5.21 Å². The van der Waals surface area contributed by atoms with E-state index < -0.39 is 20.3 Å². The molecule has 4 rings (SSSR count). The molecule has 1 fully saturated rings. The lowest BCUT2D eigenvalue weighted by Crippen LogP contribution is -2.71. The number of carbonyl (C=O) groups is 3. The number of tetrazole rings is 1. The summed E-state index contributed by atoms with van der Waals surface area (Å²) >= 11 is 4.37. The molecule has 1 saturated heterocycles. The third kappa shape index (κ3) is 5.33. The number of carbonyl (C=O) groups excluding carboxylic acids is 3. The molecule has 0 bridgehead atoms. The molecule has 2 aromatic heterocycles. The van der Waals surface area contributed by atoms with Crippen molar-refractivity contribution in [2.24, 2.45) is 0 Å². The van der Waals surface area contributed by atoms with Crippen LogP contribution in [0.2, 0.25) is 19.6 Å². The largest absolute Gasteiger partial charge is 0.515 e. The van der Waals surface area contributed by atoms with Crippen LogP contribution in [0, 0.1) is 0 Å². The molecule has 1 unspecified atom stereocenters. The second-order valence-electron chi connectivity index (χ2n) is 8.54. The Morgan fingerprint density at radius 3 is 2.85 bits per heavy atom. The van der Waals surface area contributed by atoms with Crippen molar-refractivity contribution in [1.29, 1.82) is 0 Å². The Balaban J connectivity index is 1.55. The fourth-order valence-electron chi connectivity index (χ4n) is 3.50. The molecule has 4 heterocycles. The smallest absolute Gasteiger partial charge is 0.341 e. The van der Waals surface area contributed by atoms with Crippen LogP contribution in [-0.2, 0) is 25.2 Å². The van der Waals surface area contributed by atoms with Gasteiger partial charge in [0, 0.05) is 15.9 Å². The van der Waals surface area contributed by atoms with Gasteiger partial charge < -0.3 is 9.74 Å². The predicted molar refractivity (Wildman–Crippen MR) is 129 cm³/mol. The summed E-state index contributed by atoms with van der Waals surface area (Å²) in [6, 6.07) is 3.10. The minimum absolute atomic E-state index is 0.180. The summed E-state index contributed by atoms with van der Waals surface area (Å²) < 4.78 is 5.77. The van der Waals surface area contributed by atoms with Gasteiger partial charge >= 0.3 is 5.97 Å². The van der Waals surface area contributed by atoms with Crippen molar-refractivity contribution in [2.45, 2.75) is 54.8 Å². The van der Waals surface area contributed by atoms with Crippen LogP contribution in [0.3, 0.4) is 0 Å². The first-order chi connectivity index (χ1) is 15.6. The zero-order valence-electron chi connectivity index (χ0n) is 18.5. The van der Waals surface area contributed by atoms with Gasteiger partial charge in [-0.1, -0.05) is 17.8 Å². The molecule has 0 saturated carbocycles. The van der Waals surface area contributed by atoms with Crippen LogP contribution in [0.25, 0.3) is 0 Å². The molecule has 2 aliphatic heterocycles. The number of fused-ring (bicyclic) bond motifs is 1. The molecule has 33 heavy (non-hydrogen) atoms. The highest BCUT2D eigenvalue weighted by atomic mass is 32.2. The number of amides is 2. The van der Waals surface area contributed by atoms with E-state index in [1.165, 1.54) is 39.8 Å². The number of rotatable bonds is 8. The average Bonchev–Trinajstić information content (AvgIpc) is 3.43. The second-order valence-corrected chi connectivity index (χ2v) is 16.4. The molecule has 2 amide bonds. The number of β-lactam (4-membered cyclic amide) rings is 1. The lowest BCUT2D eigenvalue weighted by molar-refractivity contribution is -0.150. The van der Waals surface area contributed by atoms with Gasteiger partial charge in [-0.15, -0.1) is 33.3 Å². The van der Waals surface area contributed by atoms with Gasteiger partial charge in [0.15, 0.2) is 0 Å². The van der Waals surface area contributed by atoms with Crippen molar-refractivity contribution in [3.8, 4) is 0 Å². The predicted octanol–water partition coefficient (Wildman–Crippen LogP) is 2.02. The number of nitrogens with zero attached hydrogens (tertiary/aromatic N) is 4. The van der Waals surface area contributed by atoms with Crippen molar-refractivity contribution in [2.75, 3.05) is 5.75 Å². The molecule has 0 radical (unpaired) electrons. The van der Waals surface area contributed by atoms with Crippen LogP contribution >= 0.6 is 34.9 Å². The van der Waals surface area contributed by atoms with Gasteiger partial charge in [-0.3, -0.25) is 14.5 Å². The van der Waals surface area contributed by atoms with Crippen LogP contribution in [-0.4, -0.2) is 74.0 Å². The van der Waals surface area contributed by atoms with Crippen LogP contribution in [0.1, 0.15) is 11.8 Å². The van der Waals surface area contributed by atoms with Crippen LogP contribution < -0.4 is 5.32 Å². The van der Waals surface area contributed by atoms with E-state index in [1.54, 1.807) is 0 Å². The highest BCUT2D eigenvalue weighted by Gasteiger charge is 2.55. The maximum atomic E-state index is 13.2. The number of aromatic amines is 1. The Bertz CT molecular complexity index is 1070. The molecule has 10 nitrogen and oxygen atoms in total. The van der Waals surface area contributed by atoms with Gasteiger partial charge in [0.05, 0.1) is 6.42 Å². The third-order valence-corrected chi connectivity index (χ3v) is 8.92. The van der Waals surface area contributed by atoms with E-state index in [0.717, 1.165) is 10.5 Å². The minimum atomic E-state index is -2.20. The lowest BCUT2D eigenvalue weighted by Gasteiger charge is -2.50. The van der Waals surface area contributed by atoms with Gasteiger partial charge in [-0.05, 0) is 48.8 Å². The Morgan fingerprint density at radius 2 is 2.21 bits per heavy atom. The number of nitrogens with one attached hydrogen (secondary N) is 2. The molecule has 0 aromatic carbocycles. The quantitative estimate of drug-likeness (QED) is 0.302. The monoisotopic (exact) mass is 524 g/mol.